The normalized spacial score (nSPS) is 17.7. The van der Waals surface area contributed by atoms with Crippen LogP contribution in [-0.4, -0.2) is 34.3 Å². The second kappa shape index (κ2) is 7.70. The second-order valence-electron chi connectivity index (χ2n) is 6.58. The Morgan fingerprint density at radius 1 is 1.38 bits per heavy atom. The van der Waals surface area contributed by atoms with Gasteiger partial charge in [0.25, 0.3) is 11.8 Å². The first-order valence-corrected chi connectivity index (χ1v) is 8.77. The summed E-state index contributed by atoms with van der Waals surface area (Å²) >= 11 is 0. The highest BCUT2D eigenvalue weighted by Crippen LogP contribution is 2.19. The SMILES string of the molecule is Cc1c(C(C)NC(=O)c2cccc(NC(=O)C3CCCO3)c2)cnn1C. The van der Waals surface area contributed by atoms with Gasteiger partial charge in [-0.05, 0) is 44.9 Å². The van der Waals surface area contributed by atoms with Crippen molar-refractivity contribution in [2.24, 2.45) is 7.05 Å². The Morgan fingerprint density at radius 3 is 2.85 bits per heavy atom. The van der Waals surface area contributed by atoms with Crippen LogP contribution < -0.4 is 10.6 Å². The topological polar surface area (TPSA) is 85.2 Å². The van der Waals surface area contributed by atoms with Gasteiger partial charge in [0.15, 0.2) is 0 Å². The standard InChI is InChI=1S/C19H24N4O3/c1-12(16-11-20-23(3)13(16)2)21-18(24)14-6-4-7-15(10-14)22-19(25)17-8-5-9-26-17/h4,6-7,10-12,17H,5,8-9H2,1-3H3,(H,21,24)(H,22,25). The van der Waals surface area contributed by atoms with Crippen molar-refractivity contribution in [3.8, 4) is 0 Å². The van der Waals surface area contributed by atoms with Gasteiger partial charge in [0.05, 0.1) is 12.2 Å². The van der Waals surface area contributed by atoms with Crippen molar-refractivity contribution in [3.63, 3.8) is 0 Å². The number of anilines is 1. The second-order valence-corrected chi connectivity index (χ2v) is 6.58. The zero-order valence-electron chi connectivity index (χ0n) is 15.3. The van der Waals surface area contributed by atoms with Crippen molar-refractivity contribution in [3.05, 3.63) is 47.3 Å². The summed E-state index contributed by atoms with van der Waals surface area (Å²) in [5.74, 6) is -0.367. The summed E-state index contributed by atoms with van der Waals surface area (Å²) in [5.41, 5.74) is 3.06. The monoisotopic (exact) mass is 356 g/mol. The molecule has 1 saturated heterocycles. The molecule has 1 aromatic carbocycles. The average Bonchev–Trinajstić information content (AvgIpc) is 3.26. The first-order chi connectivity index (χ1) is 12.5. The zero-order valence-corrected chi connectivity index (χ0v) is 15.3. The summed E-state index contributed by atoms with van der Waals surface area (Å²) in [6.45, 7) is 4.50. The molecule has 1 aliphatic heterocycles. The van der Waals surface area contributed by atoms with Crippen LogP contribution in [0.3, 0.4) is 0 Å². The minimum atomic E-state index is -0.402. The molecule has 2 heterocycles. The van der Waals surface area contributed by atoms with E-state index in [1.807, 2.05) is 20.9 Å². The van der Waals surface area contributed by atoms with E-state index in [0.29, 0.717) is 17.9 Å². The third-order valence-corrected chi connectivity index (χ3v) is 4.70. The van der Waals surface area contributed by atoms with Crippen molar-refractivity contribution in [2.45, 2.75) is 38.8 Å². The number of ether oxygens (including phenoxy) is 1. The molecule has 2 amide bonds. The largest absolute Gasteiger partial charge is 0.368 e. The molecule has 2 atom stereocenters. The fourth-order valence-corrected chi connectivity index (χ4v) is 3.04. The molecule has 3 rings (SSSR count). The number of aryl methyl sites for hydroxylation is 1. The van der Waals surface area contributed by atoms with E-state index in [1.54, 1.807) is 35.1 Å². The average molecular weight is 356 g/mol. The molecule has 0 aliphatic carbocycles. The highest BCUT2D eigenvalue weighted by Gasteiger charge is 2.23. The Morgan fingerprint density at radius 2 is 2.19 bits per heavy atom. The molecular formula is C19H24N4O3. The van der Waals surface area contributed by atoms with Crippen LogP contribution in [0.25, 0.3) is 0 Å². The van der Waals surface area contributed by atoms with Crippen molar-refractivity contribution in [1.82, 2.24) is 15.1 Å². The maximum atomic E-state index is 12.6. The fourth-order valence-electron chi connectivity index (χ4n) is 3.04. The van der Waals surface area contributed by atoms with Crippen molar-refractivity contribution in [1.29, 1.82) is 0 Å². The molecule has 7 heteroatoms. The van der Waals surface area contributed by atoms with Gasteiger partial charge in [-0.15, -0.1) is 0 Å². The number of benzene rings is 1. The van der Waals surface area contributed by atoms with Gasteiger partial charge in [-0.2, -0.15) is 5.10 Å². The number of carbonyl (C=O) groups excluding carboxylic acids is 2. The molecular weight excluding hydrogens is 332 g/mol. The maximum absolute atomic E-state index is 12.6. The highest BCUT2D eigenvalue weighted by molar-refractivity contribution is 5.98. The van der Waals surface area contributed by atoms with E-state index in [9.17, 15) is 9.59 Å². The minimum Gasteiger partial charge on any atom is -0.368 e. The fraction of sp³-hybridized carbons (Fsp3) is 0.421. The van der Waals surface area contributed by atoms with Crippen LogP contribution in [-0.2, 0) is 16.6 Å². The molecule has 0 saturated carbocycles. The number of nitrogens with one attached hydrogen (secondary N) is 2. The Labute approximate surface area is 152 Å². The molecule has 7 nitrogen and oxygen atoms in total. The van der Waals surface area contributed by atoms with Crippen LogP contribution >= 0.6 is 0 Å². The number of aromatic nitrogens is 2. The van der Waals surface area contributed by atoms with Gasteiger partial charge < -0.3 is 15.4 Å². The lowest BCUT2D eigenvalue weighted by molar-refractivity contribution is -0.124. The number of hydrogen-bond donors (Lipinski definition) is 2. The Balaban J connectivity index is 1.66. The molecule has 26 heavy (non-hydrogen) atoms. The first kappa shape index (κ1) is 18.1. The number of carbonyl (C=O) groups is 2. The number of amides is 2. The van der Waals surface area contributed by atoms with Gasteiger partial charge in [-0.1, -0.05) is 6.07 Å². The van der Waals surface area contributed by atoms with Crippen molar-refractivity contribution in [2.75, 3.05) is 11.9 Å². The molecule has 2 N–H and O–H groups in total. The minimum absolute atomic E-state index is 0.165. The van der Waals surface area contributed by atoms with Gasteiger partial charge in [-0.25, -0.2) is 0 Å². The Bertz CT molecular complexity index is 809. The molecule has 138 valence electrons. The summed E-state index contributed by atoms with van der Waals surface area (Å²) in [5, 5.41) is 10.00. The third kappa shape index (κ3) is 3.94. The summed E-state index contributed by atoms with van der Waals surface area (Å²) in [6.07, 6.45) is 2.99. The van der Waals surface area contributed by atoms with Crippen LogP contribution in [0.5, 0.6) is 0 Å². The van der Waals surface area contributed by atoms with Crippen LogP contribution in [0.1, 0.15) is 47.4 Å². The highest BCUT2D eigenvalue weighted by atomic mass is 16.5. The van der Waals surface area contributed by atoms with E-state index in [0.717, 1.165) is 24.1 Å². The molecule has 0 bridgehead atoms. The third-order valence-electron chi connectivity index (χ3n) is 4.70. The van der Waals surface area contributed by atoms with E-state index in [2.05, 4.69) is 15.7 Å². The lowest BCUT2D eigenvalue weighted by Gasteiger charge is -2.15. The molecule has 0 radical (unpaired) electrons. The van der Waals surface area contributed by atoms with Gasteiger partial charge in [0.2, 0.25) is 0 Å². The summed E-state index contributed by atoms with van der Waals surface area (Å²) in [7, 11) is 1.87. The van der Waals surface area contributed by atoms with Crippen LogP contribution in [0.15, 0.2) is 30.5 Å². The van der Waals surface area contributed by atoms with E-state index < -0.39 is 6.10 Å². The van der Waals surface area contributed by atoms with Gasteiger partial charge in [0.1, 0.15) is 6.10 Å². The molecule has 2 unspecified atom stereocenters. The van der Waals surface area contributed by atoms with Crippen molar-refractivity contribution >= 4 is 17.5 Å². The van der Waals surface area contributed by atoms with Gasteiger partial charge >= 0.3 is 0 Å². The smallest absolute Gasteiger partial charge is 0.253 e. The van der Waals surface area contributed by atoms with E-state index in [1.165, 1.54) is 0 Å². The first-order valence-electron chi connectivity index (χ1n) is 8.77. The lowest BCUT2D eigenvalue weighted by Crippen LogP contribution is -2.28. The number of nitrogens with zero attached hydrogens (tertiary/aromatic N) is 2. The lowest BCUT2D eigenvalue weighted by atomic mass is 10.1. The van der Waals surface area contributed by atoms with E-state index in [4.69, 9.17) is 4.74 Å². The number of rotatable bonds is 5. The Hall–Kier alpha value is -2.67. The summed E-state index contributed by atoms with van der Waals surface area (Å²) in [6, 6.07) is 6.74. The predicted molar refractivity (Wildman–Crippen MR) is 97.9 cm³/mol. The summed E-state index contributed by atoms with van der Waals surface area (Å²) in [4.78, 5) is 24.7. The number of hydrogen-bond acceptors (Lipinski definition) is 4. The predicted octanol–water partition coefficient (Wildman–Crippen LogP) is 2.34. The Kier molecular flexibility index (Phi) is 5.37. The van der Waals surface area contributed by atoms with E-state index in [-0.39, 0.29) is 17.9 Å². The van der Waals surface area contributed by atoms with Crippen LogP contribution in [0, 0.1) is 6.92 Å². The molecule has 1 aromatic heterocycles. The van der Waals surface area contributed by atoms with Gasteiger partial charge in [-0.3, -0.25) is 14.3 Å². The molecule has 2 aromatic rings. The molecule has 0 spiro atoms. The van der Waals surface area contributed by atoms with E-state index >= 15 is 0 Å². The van der Waals surface area contributed by atoms with Gasteiger partial charge in [0, 0.05) is 36.2 Å². The van der Waals surface area contributed by atoms with Crippen LogP contribution in [0.4, 0.5) is 5.69 Å². The zero-order chi connectivity index (χ0) is 18.7. The maximum Gasteiger partial charge on any atom is 0.253 e. The molecule has 1 aliphatic rings. The molecule has 1 fully saturated rings. The van der Waals surface area contributed by atoms with Crippen LogP contribution in [0.2, 0.25) is 0 Å². The summed E-state index contributed by atoms with van der Waals surface area (Å²) < 4.78 is 7.16. The quantitative estimate of drug-likeness (QED) is 0.861. The van der Waals surface area contributed by atoms with Crippen molar-refractivity contribution < 1.29 is 14.3 Å².